The summed E-state index contributed by atoms with van der Waals surface area (Å²) in [6.45, 7) is 6.52. The first-order chi connectivity index (χ1) is 35.5. The first kappa shape index (κ1) is 69.1. The Morgan fingerprint density at radius 2 is 0.542 bits per heavy atom. The van der Waals surface area contributed by atoms with Gasteiger partial charge >= 0.3 is 17.9 Å². The molecule has 0 aromatic carbocycles. The van der Waals surface area contributed by atoms with Gasteiger partial charge in [-0.2, -0.15) is 0 Å². The maximum atomic E-state index is 12.8. The number of allylic oxidation sites excluding steroid dienone is 10. The molecular formula is C66H118O6. The van der Waals surface area contributed by atoms with Gasteiger partial charge in [-0.1, -0.05) is 281 Å². The van der Waals surface area contributed by atoms with Gasteiger partial charge in [-0.3, -0.25) is 14.4 Å². The lowest BCUT2D eigenvalue weighted by Gasteiger charge is -2.18. The molecule has 72 heavy (non-hydrogen) atoms. The molecule has 0 radical (unpaired) electrons. The van der Waals surface area contributed by atoms with E-state index in [4.69, 9.17) is 14.2 Å². The monoisotopic (exact) mass is 1010 g/mol. The van der Waals surface area contributed by atoms with Gasteiger partial charge < -0.3 is 14.2 Å². The van der Waals surface area contributed by atoms with E-state index in [-0.39, 0.29) is 31.1 Å². The number of esters is 3. The molecule has 0 aromatic rings. The van der Waals surface area contributed by atoms with Crippen LogP contribution in [0.5, 0.6) is 0 Å². The lowest BCUT2D eigenvalue weighted by Crippen LogP contribution is -2.30. The summed E-state index contributed by atoms with van der Waals surface area (Å²) in [7, 11) is 0. The van der Waals surface area contributed by atoms with Crippen molar-refractivity contribution in [3.8, 4) is 0 Å². The molecule has 0 aliphatic carbocycles. The van der Waals surface area contributed by atoms with Crippen molar-refractivity contribution in [3.05, 3.63) is 60.8 Å². The summed E-state index contributed by atoms with van der Waals surface area (Å²) in [6.07, 6.45) is 76.8. The zero-order chi connectivity index (χ0) is 52.2. The van der Waals surface area contributed by atoms with Gasteiger partial charge in [0.15, 0.2) is 6.10 Å². The fourth-order valence-corrected chi connectivity index (χ4v) is 9.08. The average molecular weight is 1010 g/mol. The summed E-state index contributed by atoms with van der Waals surface area (Å²) in [5, 5.41) is 0. The molecule has 0 spiro atoms. The van der Waals surface area contributed by atoms with E-state index in [1.807, 2.05) is 0 Å². The second-order valence-corrected chi connectivity index (χ2v) is 20.9. The topological polar surface area (TPSA) is 78.9 Å². The van der Waals surface area contributed by atoms with Crippen molar-refractivity contribution in [2.24, 2.45) is 0 Å². The second kappa shape index (κ2) is 60.7. The van der Waals surface area contributed by atoms with E-state index in [9.17, 15) is 14.4 Å². The summed E-state index contributed by atoms with van der Waals surface area (Å²) in [5.74, 6) is -0.868. The quantitative estimate of drug-likeness (QED) is 0.0261. The maximum absolute atomic E-state index is 12.8. The summed E-state index contributed by atoms with van der Waals surface area (Å²) < 4.78 is 16.8. The Morgan fingerprint density at radius 1 is 0.292 bits per heavy atom. The first-order valence-corrected chi connectivity index (χ1v) is 31.3. The molecule has 6 nitrogen and oxygen atoms in total. The van der Waals surface area contributed by atoms with Gasteiger partial charge in [0, 0.05) is 19.3 Å². The third-order valence-electron chi connectivity index (χ3n) is 13.8. The smallest absolute Gasteiger partial charge is 0.306 e. The van der Waals surface area contributed by atoms with Crippen LogP contribution in [-0.2, 0) is 28.6 Å². The van der Waals surface area contributed by atoms with Crippen LogP contribution in [0.1, 0.15) is 323 Å². The molecule has 0 saturated heterocycles. The van der Waals surface area contributed by atoms with Gasteiger partial charge in [0.05, 0.1) is 0 Å². The van der Waals surface area contributed by atoms with Gasteiger partial charge in [-0.25, -0.2) is 0 Å². The highest BCUT2D eigenvalue weighted by Crippen LogP contribution is 2.17. The molecular weight excluding hydrogens is 889 g/mol. The Hall–Kier alpha value is -2.89. The third kappa shape index (κ3) is 58.0. The van der Waals surface area contributed by atoms with E-state index in [2.05, 4.69) is 81.5 Å². The lowest BCUT2D eigenvalue weighted by atomic mass is 10.0. The Labute approximate surface area is 447 Å². The first-order valence-electron chi connectivity index (χ1n) is 31.3. The predicted molar refractivity (Wildman–Crippen MR) is 312 cm³/mol. The van der Waals surface area contributed by atoms with E-state index < -0.39 is 6.10 Å². The minimum Gasteiger partial charge on any atom is -0.462 e. The van der Waals surface area contributed by atoms with Crippen molar-refractivity contribution in [2.75, 3.05) is 13.2 Å². The van der Waals surface area contributed by atoms with Gasteiger partial charge in [0.2, 0.25) is 0 Å². The number of ether oxygens (including phenoxy) is 3. The molecule has 0 bridgehead atoms. The second-order valence-electron chi connectivity index (χ2n) is 20.9. The molecule has 0 N–H and O–H groups in total. The van der Waals surface area contributed by atoms with Gasteiger partial charge in [0.1, 0.15) is 13.2 Å². The highest BCUT2D eigenvalue weighted by molar-refractivity contribution is 5.71. The van der Waals surface area contributed by atoms with Crippen LogP contribution in [0.25, 0.3) is 0 Å². The average Bonchev–Trinajstić information content (AvgIpc) is 3.38. The van der Waals surface area contributed by atoms with Gasteiger partial charge in [0.25, 0.3) is 0 Å². The largest absolute Gasteiger partial charge is 0.462 e. The molecule has 0 heterocycles. The number of rotatable bonds is 57. The Bertz CT molecular complexity index is 1290. The molecule has 1 unspecified atom stereocenters. The number of carbonyl (C=O) groups is 3. The van der Waals surface area contributed by atoms with Crippen LogP contribution < -0.4 is 0 Å². The number of carbonyl (C=O) groups excluding carboxylic acids is 3. The Balaban J connectivity index is 4.07. The van der Waals surface area contributed by atoms with Crippen molar-refractivity contribution in [3.63, 3.8) is 0 Å². The minimum atomic E-state index is -0.771. The lowest BCUT2D eigenvalue weighted by molar-refractivity contribution is -0.167. The maximum Gasteiger partial charge on any atom is 0.306 e. The van der Waals surface area contributed by atoms with Crippen molar-refractivity contribution < 1.29 is 28.6 Å². The Kier molecular flexibility index (Phi) is 58.2. The van der Waals surface area contributed by atoms with Crippen molar-refractivity contribution in [1.29, 1.82) is 0 Å². The molecule has 0 aliphatic heterocycles. The third-order valence-corrected chi connectivity index (χ3v) is 13.8. The zero-order valence-corrected chi connectivity index (χ0v) is 47.9. The predicted octanol–water partition coefficient (Wildman–Crippen LogP) is 21.2. The molecule has 0 saturated carbocycles. The van der Waals surface area contributed by atoms with E-state index >= 15 is 0 Å². The van der Waals surface area contributed by atoms with Crippen LogP contribution in [-0.4, -0.2) is 37.2 Å². The number of hydrogen-bond donors (Lipinski definition) is 0. The van der Waals surface area contributed by atoms with E-state index in [0.29, 0.717) is 19.3 Å². The molecule has 0 rings (SSSR count). The number of hydrogen-bond acceptors (Lipinski definition) is 6. The van der Waals surface area contributed by atoms with Crippen LogP contribution in [0, 0.1) is 0 Å². The molecule has 0 aromatic heterocycles. The van der Waals surface area contributed by atoms with E-state index in [1.165, 1.54) is 199 Å². The van der Waals surface area contributed by atoms with Crippen molar-refractivity contribution in [1.82, 2.24) is 0 Å². The summed E-state index contributed by atoms with van der Waals surface area (Å²) >= 11 is 0. The number of unbranched alkanes of at least 4 members (excludes halogenated alkanes) is 36. The van der Waals surface area contributed by atoms with Crippen molar-refractivity contribution >= 4 is 17.9 Å². The highest BCUT2D eigenvalue weighted by atomic mass is 16.6. The van der Waals surface area contributed by atoms with E-state index in [0.717, 1.165) is 83.5 Å². The minimum absolute atomic E-state index is 0.0721. The highest BCUT2D eigenvalue weighted by Gasteiger charge is 2.19. The fraction of sp³-hybridized carbons (Fsp3) is 0.803. The standard InChI is InChI=1S/C66H118O6/c1-4-7-10-13-16-18-20-22-24-26-28-29-30-31-32-33-34-35-36-37-38-40-41-43-45-47-50-53-56-59-65(68)71-62-63(61-70-64(67)58-55-52-49-15-12-9-6-3)72-66(69)60-57-54-51-48-46-44-42-39-27-25-23-21-19-17-14-11-8-5-2/h7,10,16,18,22,24-25,27-29,63H,4-6,8-9,11-15,17,19-21,23,26,30-62H2,1-3H3/b10-7-,18-16-,24-22-,27-25-,29-28-. The fourth-order valence-electron chi connectivity index (χ4n) is 9.08. The zero-order valence-electron chi connectivity index (χ0n) is 47.9. The molecule has 0 fully saturated rings. The van der Waals surface area contributed by atoms with E-state index in [1.54, 1.807) is 0 Å². The van der Waals surface area contributed by atoms with Crippen LogP contribution in [0.15, 0.2) is 60.8 Å². The van der Waals surface area contributed by atoms with Gasteiger partial charge in [-0.15, -0.1) is 0 Å². The van der Waals surface area contributed by atoms with Crippen LogP contribution in [0.4, 0.5) is 0 Å². The summed E-state index contributed by atoms with van der Waals surface area (Å²) in [6, 6.07) is 0. The molecule has 1 atom stereocenters. The normalized spacial score (nSPS) is 12.4. The summed E-state index contributed by atoms with van der Waals surface area (Å²) in [5.41, 5.74) is 0. The molecule has 6 heteroatoms. The van der Waals surface area contributed by atoms with Gasteiger partial charge in [-0.05, 0) is 83.5 Å². The SMILES string of the molecule is CC/C=C\C/C=C\C/C=C\C/C=C\CCCCCCCCCCCCCCCCCCC(=O)OCC(COC(=O)CCCCCCCCC)OC(=O)CCCCCCCCC/C=C\CCCCCCCCC. The van der Waals surface area contributed by atoms with Crippen LogP contribution in [0.2, 0.25) is 0 Å². The van der Waals surface area contributed by atoms with Crippen molar-refractivity contribution in [2.45, 2.75) is 329 Å². The molecule has 0 amide bonds. The molecule has 418 valence electrons. The van der Waals surface area contributed by atoms with Crippen LogP contribution >= 0.6 is 0 Å². The molecule has 0 aliphatic rings. The summed E-state index contributed by atoms with van der Waals surface area (Å²) in [4.78, 5) is 38.0. The van der Waals surface area contributed by atoms with Crippen LogP contribution in [0.3, 0.4) is 0 Å². The Morgan fingerprint density at radius 3 is 0.861 bits per heavy atom.